The van der Waals surface area contributed by atoms with Gasteiger partial charge >= 0.3 is 5.97 Å². The molecule has 0 aliphatic rings. The summed E-state index contributed by atoms with van der Waals surface area (Å²) in [5, 5.41) is 7.55. The van der Waals surface area contributed by atoms with Gasteiger partial charge in [-0.2, -0.15) is 5.10 Å². The van der Waals surface area contributed by atoms with E-state index in [2.05, 4.69) is 15.4 Å². The second-order valence-corrected chi connectivity index (χ2v) is 5.75. The van der Waals surface area contributed by atoms with Crippen LogP contribution in [0.3, 0.4) is 0 Å². The molecule has 0 aliphatic carbocycles. The van der Waals surface area contributed by atoms with Gasteiger partial charge in [0.2, 0.25) is 0 Å². The van der Waals surface area contributed by atoms with Crippen LogP contribution in [0.5, 0.6) is 0 Å². The first-order valence-corrected chi connectivity index (χ1v) is 7.88. The Kier molecular flexibility index (Phi) is 4.94. The third-order valence-electron chi connectivity index (χ3n) is 3.48. The molecule has 1 N–H and O–H groups in total. The number of esters is 1. The molecule has 3 rings (SSSR count). The first-order chi connectivity index (χ1) is 12.5. The average Bonchev–Trinajstić information content (AvgIpc) is 2.64. The fraction of sp³-hybridized carbons (Fsp3) is 0.118. The number of hydrogen-bond acceptors (Lipinski definition) is 6. The van der Waals surface area contributed by atoms with Crippen molar-refractivity contribution in [3.63, 3.8) is 0 Å². The van der Waals surface area contributed by atoms with Crippen LogP contribution < -0.4 is 10.9 Å². The molecule has 0 bridgehead atoms. The molecule has 0 spiro atoms. The summed E-state index contributed by atoms with van der Waals surface area (Å²) in [5.41, 5.74) is -0.371. The lowest BCUT2D eigenvalue weighted by molar-refractivity contribution is -0.119. The second kappa shape index (κ2) is 7.32. The maximum atomic E-state index is 12.3. The van der Waals surface area contributed by atoms with Crippen LogP contribution in [0.1, 0.15) is 10.5 Å². The molecule has 3 aromatic rings. The minimum Gasteiger partial charge on any atom is -0.451 e. The molecule has 2 heterocycles. The molecular formula is C17H13ClN4O4. The molecule has 0 atom stereocenters. The van der Waals surface area contributed by atoms with Gasteiger partial charge in [0.05, 0.1) is 10.4 Å². The number of amides is 1. The zero-order valence-electron chi connectivity index (χ0n) is 13.6. The normalized spacial score (nSPS) is 10.5. The molecule has 132 valence electrons. The standard InChI is InChI=1S/C17H13ClN4O4/c1-22-16(24)12-5-3-2-4-11(12)15(21-22)17(25)26-9-14(23)20-13-7-6-10(18)8-19-13/h2-8H,9H2,1H3,(H,19,20,23). The summed E-state index contributed by atoms with van der Waals surface area (Å²) < 4.78 is 6.06. The monoisotopic (exact) mass is 372 g/mol. The number of aryl methyl sites for hydroxylation is 1. The maximum Gasteiger partial charge on any atom is 0.359 e. The molecule has 1 aromatic carbocycles. The van der Waals surface area contributed by atoms with Gasteiger partial charge in [-0.1, -0.05) is 29.8 Å². The molecule has 0 aliphatic heterocycles. The molecule has 26 heavy (non-hydrogen) atoms. The summed E-state index contributed by atoms with van der Waals surface area (Å²) in [6.07, 6.45) is 1.38. The van der Waals surface area contributed by atoms with Crippen LogP contribution in [0.15, 0.2) is 47.4 Å². The largest absolute Gasteiger partial charge is 0.451 e. The van der Waals surface area contributed by atoms with E-state index in [0.717, 1.165) is 4.68 Å². The highest BCUT2D eigenvalue weighted by Gasteiger charge is 2.18. The number of hydrogen-bond donors (Lipinski definition) is 1. The Morgan fingerprint density at radius 2 is 1.92 bits per heavy atom. The van der Waals surface area contributed by atoms with Crippen molar-refractivity contribution in [3.05, 3.63) is 63.7 Å². The Hall–Kier alpha value is -3.26. The van der Waals surface area contributed by atoms with Crippen molar-refractivity contribution in [1.29, 1.82) is 0 Å². The third-order valence-corrected chi connectivity index (χ3v) is 3.70. The number of fused-ring (bicyclic) bond motifs is 1. The zero-order valence-corrected chi connectivity index (χ0v) is 14.4. The van der Waals surface area contributed by atoms with Crippen molar-refractivity contribution in [3.8, 4) is 0 Å². The number of rotatable bonds is 4. The highest BCUT2D eigenvalue weighted by molar-refractivity contribution is 6.30. The van der Waals surface area contributed by atoms with Gasteiger partial charge in [-0.05, 0) is 18.2 Å². The predicted octanol–water partition coefficient (Wildman–Crippen LogP) is 1.78. The maximum absolute atomic E-state index is 12.3. The Morgan fingerprint density at radius 3 is 2.62 bits per heavy atom. The van der Waals surface area contributed by atoms with Crippen molar-refractivity contribution in [1.82, 2.24) is 14.8 Å². The van der Waals surface area contributed by atoms with Crippen molar-refractivity contribution in [2.75, 3.05) is 11.9 Å². The summed E-state index contributed by atoms with van der Waals surface area (Å²) in [4.78, 5) is 40.2. The van der Waals surface area contributed by atoms with Gasteiger partial charge in [0.15, 0.2) is 12.3 Å². The van der Waals surface area contributed by atoms with Gasteiger partial charge in [0, 0.05) is 18.6 Å². The number of aromatic nitrogens is 3. The van der Waals surface area contributed by atoms with Crippen LogP contribution in [0, 0.1) is 0 Å². The van der Waals surface area contributed by atoms with Gasteiger partial charge in [-0.15, -0.1) is 0 Å². The van der Waals surface area contributed by atoms with E-state index in [-0.39, 0.29) is 17.1 Å². The summed E-state index contributed by atoms with van der Waals surface area (Å²) in [6.45, 7) is -0.526. The lowest BCUT2D eigenvalue weighted by Gasteiger charge is -2.08. The van der Waals surface area contributed by atoms with Crippen molar-refractivity contribution < 1.29 is 14.3 Å². The van der Waals surface area contributed by atoms with Crippen molar-refractivity contribution in [2.24, 2.45) is 7.05 Å². The Bertz CT molecular complexity index is 1050. The second-order valence-electron chi connectivity index (χ2n) is 5.31. The number of ether oxygens (including phenoxy) is 1. The van der Waals surface area contributed by atoms with E-state index >= 15 is 0 Å². The van der Waals surface area contributed by atoms with Crippen LogP contribution in [0.2, 0.25) is 5.02 Å². The quantitative estimate of drug-likeness (QED) is 0.700. The number of anilines is 1. The number of nitrogens with one attached hydrogen (secondary N) is 1. The zero-order chi connectivity index (χ0) is 18.7. The molecule has 0 unspecified atom stereocenters. The third kappa shape index (κ3) is 3.70. The average molecular weight is 373 g/mol. The molecule has 8 nitrogen and oxygen atoms in total. The van der Waals surface area contributed by atoms with Gasteiger partial charge in [0.1, 0.15) is 5.82 Å². The van der Waals surface area contributed by atoms with Crippen LogP contribution in [0.4, 0.5) is 5.82 Å². The highest BCUT2D eigenvalue weighted by Crippen LogP contribution is 2.14. The van der Waals surface area contributed by atoms with Crippen LogP contribution >= 0.6 is 11.6 Å². The minimum absolute atomic E-state index is 0.0416. The number of carbonyl (C=O) groups excluding carboxylic acids is 2. The molecule has 0 radical (unpaired) electrons. The number of carbonyl (C=O) groups is 2. The fourth-order valence-electron chi connectivity index (χ4n) is 2.28. The number of benzene rings is 1. The highest BCUT2D eigenvalue weighted by atomic mass is 35.5. The summed E-state index contributed by atoms with van der Waals surface area (Å²) in [6, 6.07) is 9.64. The van der Waals surface area contributed by atoms with Crippen LogP contribution in [-0.4, -0.2) is 33.2 Å². The van der Waals surface area contributed by atoms with E-state index in [1.54, 1.807) is 30.3 Å². The molecule has 2 aromatic heterocycles. The first-order valence-electron chi connectivity index (χ1n) is 7.50. The van der Waals surface area contributed by atoms with Gasteiger partial charge in [-0.3, -0.25) is 9.59 Å². The fourth-order valence-corrected chi connectivity index (χ4v) is 2.39. The van der Waals surface area contributed by atoms with Gasteiger partial charge < -0.3 is 10.1 Å². The van der Waals surface area contributed by atoms with E-state index in [1.165, 1.54) is 19.3 Å². The van der Waals surface area contributed by atoms with Gasteiger partial charge in [-0.25, -0.2) is 14.5 Å². The summed E-state index contributed by atoms with van der Waals surface area (Å²) >= 11 is 5.71. The van der Waals surface area contributed by atoms with E-state index in [0.29, 0.717) is 15.8 Å². The SMILES string of the molecule is Cn1nc(C(=O)OCC(=O)Nc2ccc(Cl)cn2)c2ccccc2c1=O. The summed E-state index contributed by atoms with van der Waals surface area (Å²) in [5.74, 6) is -1.10. The first kappa shape index (κ1) is 17.6. The van der Waals surface area contributed by atoms with Crippen molar-refractivity contribution >= 4 is 40.1 Å². The molecule has 0 saturated carbocycles. The molecule has 0 saturated heterocycles. The Labute approximate surface area is 152 Å². The number of pyridine rings is 1. The number of nitrogens with zero attached hydrogens (tertiary/aromatic N) is 3. The molecule has 0 fully saturated rings. The molecular weight excluding hydrogens is 360 g/mol. The predicted molar refractivity (Wildman–Crippen MR) is 95.1 cm³/mol. The lowest BCUT2D eigenvalue weighted by atomic mass is 10.1. The number of halogens is 1. The Balaban J connectivity index is 1.73. The van der Waals surface area contributed by atoms with E-state index < -0.39 is 18.5 Å². The van der Waals surface area contributed by atoms with Crippen molar-refractivity contribution in [2.45, 2.75) is 0 Å². The summed E-state index contributed by atoms with van der Waals surface area (Å²) in [7, 11) is 1.43. The van der Waals surface area contributed by atoms with Crippen LogP contribution in [0.25, 0.3) is 10.8 Å². The molecule has 9 heteroatoms. The lowest BCUT2D eigenvalue weighted by Crippen LogP contribution is -2.26. The van der Waals surface area contributed by atoms with E-state index in [9.17, 15) is 14.4 Å². The molecule has 1 amide bonds. The van der Waals surface area contributed by atoms with Gasteiger partial charge in [0.25, 0.3) is 11.5 Å². The van der Waals surface area contributed by atoms with Crippen LogP contribution in [-0.2, 0) is 16.6 Å². The van der Waals surface area contributed by atoms with E-state index in [4.69, 9.17) is 16.3 Å². The minimum atomic E-state index is -0.809. The topological polar surface area (TPSA) is 103 Å². The Morgan fingerprint density at radius 1 is 1.19 bits per heavy atom. The van der Waals surface area contributed by atoms with E-state index in [1.807, 2.05) is 0 Å². The smallest absolute Gasteiger partial charge is 0.359 e.